The molecule has 0 spiro atoms. The lowest BCUT2D eigenvalue weighted by Gasteiger charge is -2.60. The molecular formula is C22H32O4. The Hall–Kier alpha value is -0.970. The molecule has 4 heteroatoms. The van der Waals surface area contributed by atoms with Crippen molar-refractivity contribution in [2.45, 2.75) is 71.0 Å². The van der Waals surface area contributed by atoms with Crippen LogP contribution in [-0.4, -0.2) is 36.0 Å². The molecule has 0 aliphatic heterocycles. The van der Waals surface area contributed by atoms with Gasteiger partial charge in [0.2, 0.25) is 0 Å². The van der Waals surface area contributed by atoms with E-state index in [-0.39, 0.29) is 30.0 Å². The molecule has 0 radical (unpaired) electrons. The predicted molar refractivity (Wildman–Crippen MR) is 99.4 cm³/mol. The summed E-state index contributed by atoms with van der Waals surface area (Å²) >= 11 is 0. The van der Waals surface area contributed by atoms with Gasteiger partial charge < -0.3 is 14.6 Å². The molecular weight excluding hydrogens is 328 g/mol. The van der Waals surface area contributed by atoms with E-state index in [9.17, 15) is 9.90 Å². The number of aliphatic hydroxyl groups is 1. The van der Waals surface area contributed by atoms with E-state index in [2.05, 4.69) is 19.9 Å². The number of hydrogen-bond donors (Lipinski definition) is 1. The maximum Gasteiger partial charge on any atom is 0.164 e. The van der Waals surface area contributed by atoms with Gasteiger partial charge in [0.15, 0.2) is 5.78 Å². The van der Waals surface area contributed by atoms with Crippen LogP contribution < -0.4 is 0 Å². The lowest BCUT2D eigenvalue weighted by Crippen LogP contribution is -2.62. The summed E-state index contributed by atoms with van der Waals surface area (Å²) in [6.45, 7) is 7.27. The number of hydrogen-bond acceptors (Lipinski definition) is 4. The average molecular weight is 360 g/mol. The Morgan fingerprint density at radius 1 is 1.23 bits per heavy atom. The maximum atomic E-state index is 12.8. The normalized spacial score (nSPS) is 47.2. The van der Waals surface area contributed by atoms with E-state index in [1.165, 1.54) is 5.57 Å². The van der Waals surface area contributed by atoms with Crippen LogP contribution in [0.5, 0.6) is 0 Å². The fourth-order valence-corrected chi connectivity index (χ4v) is 6.42. The average Bonchev–Trinajstić information content (AvgIpc) is 2.88. The number of ketones is 1. The van der Waals surface area contributed by atoms with E-state index >= 15 is 0 Å². The summed E-state index contributed by atoms with van der Waals surface area (Å²) in [5, 5.41) is 10.1. The van der Waals surface area contributed by atoms with Crippen molar-refractivity contribution in [3.05, 3.63) is 23.8 Å². The summed E-state index contributed by atoms with van der Waals surface area (Å²) in [6, 6.07) is 0. The standard InChI is InChI=1S/C22H32O4/c1-4-25-14-26-22-12-9-19(24)21(22,3)11-8-17-18(22)6-5-15-13-16(23)7-10-20(15,17)2/h5,9,12,16-18,23H,4,6-8,10-11,13-14H2,1-3H3/t16-,17-,18+,20-,21+,22-/m0/s1. The van der Waals surface area contributed by atoms with Crippen LogP contribution in [0, 0.1) is 22.7 Å². The Bertz CT molecular complexity index is 653. The minimum absolute atomic E-state index is 0.116. The fourth-order valence-electron chi connectivity index (χ4n) is 6.42. The summed E-state index contributed by atoms with van der Waals surface area (Å²) in [7, 11) is 0. The Morgan fingerprint density at radius 3 is 2.81 bits per heavy atom. The van der Waals surface area contributed by atoms with E-state index in [4.69, 9.17) is 9.47 Å². The number of aliphatic hydroxyl groups excluding tert-OH is 1. The van der Waals surface area contributed by atoms with Gasteiger partial charge in [-0.15, -0.1) is 0 Å². The first-order valence-corrected chi connectivity index (χ1v) is 10.2. The maximum absolute atomic E-state index is 12.8. The van der Waals surface area contributed by atoms with Crippen molar-refractivity contribution in [3.8, 4) is 0 Å². The van der Waals surface area contributed by atoms with Crippen molar-refractivity contribution in [2.75, 3.05) is 13.4 Å². The molecule has 0 unspecified atom stereocenters. The Kier molecular flexibility index (Phi) is 4.45. The molecule has 0 heterocycles. The van der Waals surface area contributed by atoms with Crippen LogP contribution in [0.15, 0.2) is 23.8 Å². The fraction of sp³-hybridized carbons (Fsp3) is 0.773. The molecule has 0 aromatic heterocycles. The van der Waals surface area contributed by atoms with Gasteiger partial charge in [0, 0.05) is 6.61 Å². The first-order valence-electron chi connectivity index (χ1n) is 10.2. The molecule has 0 bridgehead atoms. The molecule has 2 fully saturated rings. The second kappa shape index (κ2) is 6.29. The van der Waals surface area contributed by atoms with Gasteiger partial charge in [-0.25, -0.2) is 0 Å². The number of rotatable bonds is 4. The van der Waals surface area contributed by atoms with E-state index < -0.39 is 11.0 Å². The van der Waals surface area contributed by atoms with Gasteiger partial charge in [0.1, 0.15) is 12.4 Å². The Balaban J connectivity index is 1.73. The Morgan fingerprint density at radius 2 is 2.04 bits per heavy atom. The highest BCUT2D eigenvalue weighted by atomic mass is 16.7. The largest absolute Gasteiger partial charge is 0.393 e. The van der Waals surface area contributed by atoms with Gasteiger partial charge in [-0.1, -0.05) is 18.6 Å². The van der Waals surface area contributed by atoms with Gasteiger partial charge in [-0.05, 0) is 81.8 Å². The van der Waals surface area contributed by atoms with Crippen LogP contribution in [0.3, 0.4) is 0 Å². The van der Waals surface area contributed by atoms with Crippen molar-refractivity contribution in [3.63, 3.8) is 0 Å². The van der Waals surface area contributed by atoms with E-state index in [1.807, 2.05) is 13.0 Å². The zero-order chi connectivity index (χ0) is 18.6. The van der Waals surface area contributed by atoms with Crippen LogP contribution in [0.1, 0.15) is 59.3 Å². The Labute approximate surface area is 156 Å². The number of carbonyl (C=O) groups excluding carboxylic acids is 1. The SMILES string of the molecule is CCOCO[C@]12C=CC(=O)[C@@]1(C)CC[C@H]1[C@H]2CC=C2C[C@@H](O)CC[C@@]21C. The summed E-state index contributed by atoms with van der Waals surface area (Å²) in [5.41, 5.74) is 0.490. The van der Waals surface area contributed by atoms with Crippen LogP contribution in [0.4, 0.5) is 0 Å². The van der Waals surface area contributed by atoms with Crippen molar-refractivity contribution < 1.29 is 19.4 Å². The molecule has 0 aromatic rings. The molecule has 144 valence electrons. The topological polar surface area (TPSA) is 55.8 Å². The van der Waals surface area contributed by atoms with Crippen molar-refractivity contribution in [1.82, 2.24) is 0 Å². The van der Waals surface area contributed by atoms with Gasteiger partial charge in [0.05, 0.1) is 11.5 Å². The molecule has 2 saturated carbocycles. The predicted octanol–water partition coefficient (Wildman–Crippen LogP) is 3.79. The third-order valence-corrected chi connectivity index (χ3v) is 8.09. The van der Waals surface area contributed by atoms with Crippen molar-refractivity contribution in [1.29, 1.82) is 0 Å². The third kappa shape index (κ3) is 2.35. The molecule has 6 atom stereocenters. The molecule has 4 nitrogen and oxygen atoms in total. The zero-order valence-electron chi connectivity index (χ0n) is 16.3. The number of allylic oxidation sites excluding steroid dienone is 2. The molecule has 26 heavy (non-hydrogen) atoms. The summed E-state index contributed by atoms with van der Waals surface area (Å²) in [6.07, 6.45) is 11.5. The molecule has 0 amide bonds. The third-order valence-electron chi connectivity index (χ3n) is 8.09. The summed E-state index contributed by atoms with van der Waals surface area (Å²) in [5.74, 6) is 0.972. The first kappa shape index (κ1) is 18.4. The highest BCUT2D eigenvalue weighted by Crippen LogP contribution is 2.65. The number of carbonyl (C=O) groups is 1. The zero-order valence-corrected chi connectivity index (χ0v) is 16.3. The van der Waals surface area contributed by atoms with Gasteiger partial charge >= 0.3 is 0 Å². The number of fused-ring (bicyclic) bond motifs is 5. The van der Waals surface area contributed by atoms with E-state index in [1.54, 1.807) is 6.08 Å². The summed E-state index contributed by atoms with van der Waals surface area (Å²) < 4.78 is 11.9. The number of ether oxygens (including phenoxy) is 2. The molecule has 0 saturated heterocycles. The van der Waals surface area contributed by atoms with Gasteiger partial charge in [-0.3, -0.25) is 4.79 Å². The van der Waals surface area contributed by atoms with Gasteiger partial charge in [-0.2, -0.15) is 0 Å². The highest BCUT2D eigenvalue weighted by molar-refractivity contribution is 5.99. The lowest BCUT2D eigenvalue weighted by molar-refractivity contribution is -0.218. The molecule has 1 N–H and O–H groups in total. The van der Waals surface area contributed by atoms with Crippen LogP contribution in [0.2, 0.25) is 0 Å². The molecule has 4 aliphatic carbocycles. The van der Waals surface area contributed by atoms with Crippen molar-refractivity contribution in [2.24, 2.45) is 22.7 Å². The van der Waals surface area contributed by atoms with Crippen LogP contribution in [0.25, 0.3) is 0 Å². The monoisotopic (exact) mass is 360 g/mol. The first-order chi connectivity index (χ1) is 12.4. The minimum atomic E-state index is -0.566. The smallest absolute Gasteiger partial charge is 0.164 e. The second-order valence-electron chi connectivity index (χ2n) is 9.11. The highest BCUT2D eigenvalue weighted by Gasteiger charge is 2.66. The molecule has 4 rings (SSSR count). The molecule has 4 aliphatic rings. The van der Waals surface area contributed by atoms with Crippen LogP contribution in [-0.2, 0) is 14.3 Å². The van der Waals surface area contributed by atoms with Crippen LogP contribution >= 0.6 is 0 Å². The van der Waals surface area contributed by atoms with Crippen molar-refractivity contribution >= 4 is 5.78 Å². The minimum Gasteiger partial charge on any atom is -0.393 e. The van der Waals surface area contributed by atoms with E-state index in [0.29, 0.717) is 12.5 Å². The van der Waals surface area contributed by atoms with Gasteiger partial charge in [0.25, 0.3) is 0 Å². The lowest BCUT2D eigenvalue weighted by atomic mass is 9.46. The van der Waals surface area contributed by atoms with E-state index in [0.717, 1.165) is 38.5 Å². The quantitative estimate of drug-likeness (QED) is 0.471. The second-order valence-corrected chi connectivity index (χ2v) is 9.11. The molecule has 0 aromatic carbocycles. The summed E-state index contributed by atoms with van der Waals surface area (Å²) in [4.78, 5) is 12.8.